The van der Waals surface area contributed by atoms with E-state index in [4.69, 9.17) is 5.53 Å². The Labute approximate surface area is 91.9 Å². The van der Waals surface area contributed by atoms with E-state index >= 15 is 0 Å². The van der Waals surface area contributed by atoms with Gasteiger partial charge in [-0.15, -0.1) is 11.3 Å². The summed E-state index contributed by atoms with van der Waals surface area (Å²) in [7, 11) is 0. The molecule has 0 amide bonds. The Morgan fingerprint density at radius 1 is 1.73 bits per heavy atom. The van der Waals surface area contributed by atoms with E-state index in [1.54, 1.807) is 6.92 Å². The van der Waals surface area contributed by atoms with Crippen LogP contribution in [0.3, 0.4) is 0 Å². The summed E-state index contributed by atoms with van der Waals surface area (Å²) in [5.74, 6) is 0.0831. The Morgan fingerprint density at radius 2 is 2.53 bits per heavy atom. The van der Waals surface area contributed by atoms with Crippen LogP contribution in [0.2, 0.25) is 0 Å². The minimum absolute atomic E-state index is 0.0831. The Morgan fingerprint density at radius 3 is 3.20 bits per heavy atom. The highest BCUT2D eigenvalue weighted by atomic mass is 32.1. The zero-order chi connectivity index (χ0) is 11.1. The SMILES string of the molecule is CC(=O)c1sccc1C=CCCN=[N+]=[N-]. The molecule has 0 atom stereocenters. The van der Waals surface area contributed by atoms with Crippen LogP contribution in [0, 0.1) is 0 Å². The summed E-state index contributed by atoms with van der Waals surface area (Å²) in [5, 5.41) is 5.31. The molecule has 0 fully saturated rings. The van der Waals surface area contributed by atoms with Gasteiger partial charge in [-0.25, -0.2) is 0 Å². The summed E-state index contributed by atoms with van der Waals surface area (Å²) in [5.41, 5.74) is 9.00. The highest BCUT2D eigenvalue weighted by molar-refractivity contribution is 7.12. The first kappa shape index (κ1) is 11.5. The van der Waals surface area contributed by atoms with Crippen molar-refractivity contribution >= 4 is 23.2 Å². The van der Waals surface area contributed by atoms with Gasteiger partial charge in [0.05, 0.1) is 4.88 Å². The van der Waals surface area contributed by atoms with Crippen molar-refractivity contribution in [3.8, 4) is 0 Å². The number of Topliss-reactive ketones (excluding diaryl/α,β-unsaturated/α-hetero) is 1. The van der Waals surface area contributed by atoms with Gasteiger partial charge in [0.25, 0.3) is 0 Å². The Hall–Kier alpha value is -1.58. The monoisotopic (exact) mass is 221 g/mol. The molecule has 4 nitrogen and oxygen atoms in total. The van der Waals surface area contributed by atoms with Crippen molar-refractivity contribution in [2.45, 2.75) is 13.3 Å². The maximum Gasteiger partial charge on any atom is 0.170 e. The summed E-state index contributed by atoms with van der Waals surface area (Å²) >= 11 is 1.44. The second kappa shape index (κ2) is 6.01. The van der Waals surface area contributed by atoms with Gasteiger partial charge in [0.1, 0.15) is 0 Å². The topological polar surface area (TPSA) is 65.8 Å². The molecule has 0 spiro atoms. The third kappa shape index (κ3) is 3.58. The van der Waals surface area contributed by atoms with Gasteiger partial charge in [0.2, 0.25) is 0 Å². The molecule has 15 heavy (non-hydrogen) atoms. The lowest BCUT2D eigenvalue weighted by Gasteiger charge is -1.92. The molecule has 5 heteroatoms. The molecule has 78 valence electrons. The summed E-state index contributed by atoms with van der Waals surface area (Å²) < 4.78 is 0. The predicted molar refractivity (Wildman–Crippen MR) is 62.0 cm³/mol. The molecular weight excluding hydrogens is 210 g/mol. The first-order valence-corrected chi connectivity index (χ1v) is 5.39. The number of rotatable bonds is 5. The maximum atomic E-state index is 11.2. The number of ketones is 1. The highest BCUT2D eigenvalue weighted by Crippen LogP contribution is 2.18. The molecular formula is C10H11N3OS. The van der Waals surface area contributed by atoms with E-state index in [1.807, 2.05) is 23.6 Å². The van der Waals surface area contributed by atoms with Gasteiger partial charge in [0.15, 0.2) is 5.78 Å². The molecule has 1 aromatic heterocycles. The standard InChI is InChI=1S/C10H11N3OS/c1-8(14)10-9(5-7-15-10)4-2-3-6-12-13-11/h2,4-5,7H,3,6H2,1H3. The molecule has 0 unspecified atom stereocenters. The predicted octanol–water partition coefficient (Wildman–Crippen LogP) is 3.66. The number of hydrogen-bond donors (Lipinski definition) is 0. The number of hydrogen-bond acceptors (Lipinski definition) is 3. The van der Waals surface area contributed by atoms with Crippen LogP contribution in [0.15, 0.2) is 22.6 Å². The van der Waals surface area contributed by atoms with Crippen molar-refractivity contribution in [3.63, 3.8) is 0 Å². The van der Waals surface area contributed by atoms with Crippen LogP contribution in [0.5, 0.6) is 0 Å². The fraction of sp³-hybridized carbons (Fsp3) is 0.300. The van der Waals surface area contributed by atoms with Gasteiger partial charge in [-0.3, -0.25) is 4.79 Å². The van der Waals surface area contributed by atoms with Crippen molar-refractivity contribution < 1.29 is 4.79 Å². The average molecular weight is 221 g/mol. The van der Waals surface area contributed by atoms with Gasteiger partial charge in [0, 0.05) is 11.5 Å². The fourth-order valence-electron chi connectivity index (χ4n) is 1.12. The lowest BCUT2D eigenvalue weighted by molar-refractivity contribution is 0.102. The molecule has 1 aromatic rings. The molecule has 0 saturated carbocycles. The van der Waals surface area contributed by atoms with E-state index < -0.39 is 0 Å². The Bertz CT molecular complexity index is 416. The van der Waals surface area contributed by atoms with Crippen molar-refractivity contribution in [2.75, 3.05) is 6.54 Å². The van der Waals surface area contributed by atoms with E-state index in [0.717, 1.165) is 10.4 Å². The van der Waals surface area contributed by atoms with E-state index in [0.29, 0.717) is 13.0 Å². The van der Waals surface area contributed by atoms with Gasteiger partial charge in [-0.05, 0) is 35.9 Å². The van der Waals surface area contributed by atoms with Crippen LogP contribution in [0.4, 0.5) is 0 Å². The molecule has 0 aliphatic carbocycles. The summed E-state index contributed by atoms with van der Waals surface area (Å²) in [6.07, 6.45) is 4.49. The summed E-state index contributed by atoms with van der Waals surface area (Å²) in [6, 6.07) is 1.91. The Balaban J connectivity index is 2.60. The normalized spacial score (nSPS) is 10.2. The number of azide groups is 1. The first-order valence-electron chi connectivity index (χ1n) is 4.51. The lowest BCUT2D eigenvalue weighted by atomic mass is 10.2. The number of nitrogens with zero attached hydrogens (tertiary/aromatic N) is 3. The van der Waals surface area contributed by atoms with Crippen LogP contribution >= 0.6 is 11.3 Å². The molecule has 0 radical (unpaired) electrons. The number of carbonyl (C=O) groups excluding carboxylic acids is 1. The van der Waals surface area contributed by atoms with Gasteiger partial charge in [-0.2, -0.15) is 0 Å². The Kier molecular flexibility index (Phi) is 4.60. The zero-order valence-corrected chi connectivity index (χ0v) is 9.20. The fourth-order valence-corrected chi connectivity index (χ4v) is 1.91. The van der Waals surface area contributed by atoms with E-state index in [-0.39, 0.29) is 5.78 Å². The minimum atomic E-state index is 0.0831. The smallest absolute Gasteiger partial charge is 0.170 e. The van der Waals surface area contributed by atoms with Gasteiger partial charge >= 0.3 is 0 Å². The van der Waals surface area contributed by atoms with Crippen molar-refractivity contribution in [1.82, 2.24) is 0 Å². The van der Waals surface area contributed by atoms with Gasteiger partial charge in [-0.1, -0.05) is 17.3 Å². The molecule has 0 bridgehead atoms. The number of thiophene rings is 1. The van der Waals surface area contributed by atoms with Crippen LogP contribution in [-0.2, 0) is 0 Å². The van der Waals surface area contributed by atoms with Crippen molar-refractivity contribution in [2.24, 2.45) is 5.11 Å². The van der Waals surface area contributed by atoms with Crippen LogP contribution in [0.25, 0.3) is 16.5 Å². The zero-order valence-electron chi connectivity index (χ0n) is 8.38. The molecule has 0 N–H and O–H groups in total. The molecule has 0 aliphatic heterocycles. The second-order valence-electron chi connectivity index (χ2n) is 2.91. The number of carbonyl (C=O) groups is 1. The van der Waals surface area contributed by atoms with E-state index in [2.05, 4.69) is 10.0 Å². The largest absolute Gasteiger partial charge is 0.294 e. The van der Waals surface area contributed by atoms with Crippen LogP contribution in [0.1, 0.15) is 28.6 Å². The summed E-state index contributed by atoms with van der Waals surface area (Å²) in [4.78, 5) is 14.6. The highest BCUT2D eigenvalue weighted by Gasteiger charge is 2.04. The molecule has 1 heterocycles. The molecule has 0 aromatic carbocycles. The maximum absolute atomic E-state index is 11.2. The summed E-state index contributed by atoms with van der Waals surface area (Å²) in [6.45, 7) is 2.01. The average Bonchev–Trinajstić information content (AvgIpc) is 2.66. The molecule has 0 aliphatic rings. The minimum Gasteiger partial charge on any atom is -0.294 e. The molecule has 1 rings (SSSR count). The van der Waals surface area contributed by atoms with E-state index in [9.17, 15) is 4.79 Å². The third-order valence-electron chi connectivity index (χ3n) is 1.77. The quantitative estimate of drug-likeness (QED) is 0.246. The lowest BCUT2D eigenvalue weighted by Crippen LogP contribution is -1.88. The third-order valence-corrected chi connectivity index (χ3v) is 2.80. The second-order valence-corrected chi connectivity index (χ2v) is 3.82. The molecule has 0 saturated heterocycles. The van der Waals surface area contributed by atoms with Crippen molar-refractivity contribution in [1.29, 1.82) is 0 Å². The van der Waals surface area contributed by atoms with Crippen LogP contribution < -0.4 is 0 Å². The first-order chi connectivity index (χ1) is 7.25. The van der Waals surface area contributed by atoms with E-state index in [1.165, 1.54) is 11.3 Å². The van der Waals surface area contributed by atoms with Crippen LogP contribution in [-0.4, -0.2) is 12.3 Å². The van der Waals surface area contributed by atoms with Gasteiger partial charge < -0.3 is 0 Å². The van der Waals surface area contributed by atoms with Crippen molar-refractivity contribution in [3.05, 3.63) is 38.4 Å².